The van der Waals surface area contributed by atoms with Gasteiger partial charge in [-0.05, 0) is 67.5 Å². The van der Waals surface area contributed by atoms with Crippen molar-refractivity contribution in [3.05, 3.63) is 71.8 Å². The normalized spacial score (nSPS) is 13.7. The summed E-state index contributed by atoms with van der Waals surface area (Å²) in [5.41, 5.74) is 3.56. The predicted octanol–water partition coefficient (Wildman–Crippen LogP) is 4.28. The zero-order valence-corrected chi connectivity index (χ0v) is 16.9. The quantitative estimate of drug-likeness (QED) is 0.659. The highest BCUT2D eigenvalue weighted by Crippen LogP contribution is 2.26. The maximum Gasteiger partial charge on any atom is 0.265 e. The second kappa shape index (κ2) is 9.92. The number of carbonyl (C=O) groups is 2. The fourth-order valence-electron chi connectivity index (χ4n) is 3.53. The van der Waals surface area contributed by atoms with Crippen LogP contribution in [-0.4, -0.2) is 24.5 Å². The van der Waals surface area contributed by atoms with E-state index in [0.29, 0.717) is 30.0 Å². The van der Waals surface area contributed by atoms with Crippen LogP contribution in [0.3, 0.4) is 0 Å². The Morgan fingerprint density at radius 1 is 1.14 bits per heavy atom. The maximum atomic E-state index is 12.8. The second-order valence-corrected chi connectivity index (χ2v) is 7.19. The van der Waals surface area contributed by atoms with Gasteiger partial charge in [-0.25, -0.2) is 0 Å². The topological polar surface area (TPSA) is 67.4 Å². The number of nitrogens with one attached hydrogen (secondary N) is 2. The van der Waals surface area contributed by atoms with Crippen LogP contribution < -0.4 is 15.4 Å². The number of para-hydroxylation sites is 1. The molecule has 2 aromatic rings. The molecule has 3 rings (SSSR count). The molecule has 0 saturated heterocycles. The first-order chi connectivity index (χ1) is 14.1. The molecule has 1 atom stereocenters. The number of rotatable bonds is 8. The lowest BCUT2D eigenvalue weighted by Gasteiger charge is -2.21. The molecule has 2 amide bonds. The Kier molecular flexibility index (Phi) is 7.06. The molecule has 0 fully saturated rings. The van der Waals surface area contributed by atoms with Crippen LogP contribution in [0.25, 0.3) is 0 Å². The average molecular weight is 392 g/mol. The largest absolute Gasteiger partial charge is 0.481 e. The molecule has 2 N–H and O–H groups in total. The monoisotopic (exact) mass is 392 g/mol. The highest BCUT2D eigenvalue weighted by molar-refractivity contribution is 6.04. The van der Waals surface area contributed by atoms with Gasteiger partial charge in [-0.3, -0.25) is 9.59 Å². The molecule has 0 bridgehead atoms. The molecule has 0 aromatic heterocycles. The van der Waals surface area contributed by atoms with Gasteiger partial charge in [-0.15, -0.1) is 6.58 Å². The highest BCUT2D eigenvalue weighted by atomic mass is 16.5. The second-order valence-electron chi connectivity index (χ2n) is 7.19. The Morgan fingerprint density at radius 3 is 2.66 bits per heavy atom. The molecule has 152 valence electrons. The van der Waals surface area contributed by atoms with Crippen molar-refractivity contribution in [1.82, 2.24) is 5.32 Å². The Labute approximate surface area is 172 Å². The molecule has 2 aromatic carbocycles. The third kappa shape index (κ3) is 5.25. The van der Waals surface area contributed by atoms with Crippen LogP contribution in [0.15, 0.2) is 55.1 Å². The molecule has 0 unspecified atom stereocenters. The van der Waals surface area contributed by atoms with Crippen molar-refractivity contribution >= 4 is 17.5 Å². The highest BCUT2D eigenvalue weighted by Gasteiger charge is 2.21. The maximum absolute atomic E-state index is 12.8. The van der Waals surface area contributed by atoms with Crippen molar-refractivity contribution in [2.45, 2.75) is 45.1 Å². The van der Waals surface area contributed by atoms with E-state index in [1.807, 2.05) is 13.0 Å². The van der Waals surface area contributed by atoms with Crippen molar-refractivity contribution in [1.29, 1.82) is 0 Å². The summed E-state index contributed by atoms with van der Waals surface area (Å²) in [5, 5.41) is 5.59. The van der Waals surface area contributed by atoms with Crippen LogP contribution >= 0.6 is 0 Å². The molecule has 29 heavy (non-hydrogen) atoms. The first-order valence-corrected chi connectivity index (χ1v) is 10.2. The lowest BCUT2D eigenvalue weighted by atomic mass is 9.92. The number of ether oxygens (including phenoxy) is 1. The molecule has 1 aliphatic carbocycles. The van der Waals surface area contributed by atoms with E-state index in [1.54, 1.807) is 30.3 Å². The van der Waals surface area contributed by atoms with Crippen molar-refractivity contribution in [2.75, 3.05) is 11.9 Å². The van der Waals surface area contributed by atoms with Gasteiger partial charge >= 0.3 is 0 Å². The summed E-state index contributed by atoms with van der Waals surface area (Å²) < 4.78 is 6.00. The molecule has 1 aliphatic rings. The van der Waals surface area contributed by atoms with Gasteiger partial charge in [0.15, 0.2) is 6.10 Å². The lowest BCUT2D eigenvalue weighted by molar-refractivity contribution is -0.122. The summed E-state index contributed by atoms with van der Waals surface area (Å²) >= 11 is 0. The SMILES string of the molecule is C=CCNC(=O)c1ccccc1NC(=O)[C@@H](CC)Oc1ccc2c(c1)CCCC2. The summed E-state index contributed by atoms with van der Waals surface area (Å²) in [6, 6.07) is 13.0. The molecule has 0 radical (unpaired) electrons. The molecule has 0 saturated carbocycles. The van der Waals surface area contributed by atoms with Crippen LogP contribution in [0.1, 0.15) is 47.7 Å². The van der Waals surface area contributed by atoms with E-state index in [4.69, 9.17) is 4.74 Å². The molecule has 5 nitrogen and oxygen atoms in total. The van der Waals surface area contributed by atoms with Crippen LogP contribution in [-0.2, 0) is 17.6 Å². The summed E-state index contributed by atoms with van der Waals surface area (Å²) in [7, 11) is 0. The van der Waals surface area contributed by atoms with Gasteiger partial charge in [-0.2, -0.15) is 0 Å². The Morgan fingerprint density at radius 2 is 1.90 bits per heavy atom. The minimum Gasteiger partial charge on any atom is -0.481 e. The van der Waals surface area contributed by atoms with E-state index in [2.05, 4.69) is 29.3 Å². The van der Waals surface area contributed by atoms with Gasteiger partial charge < -0.3 is 15.4 Å². The molecular weight excluding hydrogens is 364 g/mol. The fourth-order valence-corrected chi connectivity index (χ4v) is 3.53. The van der Waals surface area contributed by atoms with Gasteiger partial charge in [0, 0.05) is 6.54 Å². The first-order valence-electron chi connectivity index (χ1n) is 10.2. The molecule has 0 aliphatic heterocycles. The Bertz CT molecular complexity index is 891. The van der Waals surface area contributed by atoms with Gasteiger partial charge in [0.25, 0.3) is 11.8 Å². The van der Waals surface area contributed by atoms with E-state index in [-0.39, 0.29) is 11.8 Å². The van der Waals surface area contributed by atoms with Crippen molar-refractivity contribution < 1.29 is 14.3 Å². The number of anilines is 1. The smallest absolute Gasteiger partial charge is 0.265 e. The standard InChI is InChI=1S/C24H28N2O3/c1-3-15-25-23(27)20-11-7-8-12-21(20)26-24(28)22(4-2)29-19-14-13-17-9-5-6-10-18(17)16-19/h3,7-8,11-14,16,22H,1,4-6,9-10,15H2,2H3,(H,25,27)(H,26,28)/t22-/m1/s1. The summed E-state index contributed by atoms with van der Waals surface area (Å²) in [4.78, 5) is 25.2. The minimum atomic E-state index is -0.638. The van der Waals surface area contributed by atoms with Gasteiger partial charge in [-0.1, -0.05) is 31.2 Å². The zero-order chi connectivity index (χ0) is 20.6. The van der Waals surface area contributed by atoms with Gasteiger partial charge in [0.2, 0.25) is 0 Å². The third-order valence-corrected chi connectivity index (χ3v) is 5.10. The van der Waals surface area contributed by atoms with Gasteiger partial charge in [0.05, 0.1) is 11.3 Å². The number of fused-ring (bicyclic) bond motifs is 1. The summed E-state index contributed by atoms with van der Waals surface area (Å²) in [6.07, 6.45) is 6.08. The Hall–Kier alpha value is -3.08. The number of hydrogen-bond donors (Lipinski definition) is 2. The lowest BCUT2D eigenvalue weighted by Crippen LogP contribution is -2.33. The number of hydrogen-bond acceptors (Lipinski definition) is 3. The summed E-state index contributed by atoms with van der Waals surface area (Å²) in [5.74, 6) is 0.184. The number of amides is 2. The van der Waals surface area contributed by atoms with Crippen molar-refractivity contribution in [2.24, 2.45) is 0 Å². The van der Waals surface area contributed by atoms with E-state index >= 15 is 0 Å². The van der Waals surface area contributed by atoms with E-state index in [9.17, 15) is 9.59 Å². The average Bonchev–Trinajstić information content (AvgIpc) is 2.76. The Balaban J connectivity index is 1.71. The molecular formula is C24H28N2O3. The molecule has 5 heteroatoms. The summed E-state index contributed by atoms with van der Waals surface area (Å²) in [6.45, 7) is 5.87. The minimum absolute atomic E-state index is 0.260. The van der Waals surface area contributed by atoms with Crippen LogP contribution in [0.4, 0.5) is 5.69 Å². The van der Waals surface area contributed by atoms with Crippen molar-refractivity contribution in [3.63, 3.8) is 0 Å². The third-order valence-electron chi connectivity index (χ3n) is 5.10. The van der Waals surface area contributed by atoms with Crippen LogP contribution in [0.2, 0.25) is 0 Å². The molecule has 0 heterocycles. The van der Waals surface area contributed by atoms with Crippen LogP contribution in [0, 0.1) is 0 Å². The van der Waals surface area contributed by atoms with E-state index in [0.717, 1.165) is 12.8 Å². The van der Waals surface area contributed by atoms with E-state index < -0.39 is 6.10 Å². The van der Waals surface area contributed by atoms with Crippen LogP contribution in [0.5, 0.6) is 5.75 Å². The van der Waals surface area contributed by atoms with Crippen molar-refractivity contribution in [3.8, 4) is 5.75 Å². The van der Waals surface area contributed by atoms with E-state index in [1.165, 1.54) is 24.0 Å². The number of benzene rings is 2. The van der Waals surface area contributed by atoms with Gasteiger partial charge in [0.1, 0.15) is 5.75 Å². The zero-order valence-electron chi connectivity index (χ0n) is 16.9. The fraction of sp³-hybridized carbons (Fsp3) is 0.333. The first kappa shape index (κ1) is 20.6. The predicted molar refractivity (Wildman–Crippen MR) is 115 cm³/mol. The number of aryl methyl sites for hydroxylation is 2. The number of carbonyl (C=O) groups excluding carboxylic acids is 2. The molecule has 0 spiro atoms.